The van der Waals surface area contributed by atoms with Crippen LogP contribution in [0.5, 0.6) is 0 Å². The third-order valence-electron chi connectivity index (χ3n) is 3.38. The number of aliphatic imine (C=N–C) groups is 1. The Balaban J connectivity index is 2.17. The summed E-state index contributed by atoms with van der Waals surface area (Å²) in [7, 11) is 0. The maximum Gasteiger partial charge on any atom is 0.198 e. The van der Waals surface area contributed by atoms with Gasteiger partial charge in [0.15, 0.2) is 5.84 Å². The molecule has 0 atom stereocenters. The first kappa shape index (κ1) is 11.0. The van der Waals surface area contributed by atoms with Gasteiger partial charge in [-0.15, -0.1) is 0 Å². The Morgan fingerprint density at radius 3 is 2.27 bits per heavy atom. The first-order valence-electron chi connectivity index (χ1n) is 5.93. The van der Waals surface area contributed by atoms with Crippen LogP contribution in [-0.4, -0.2) is 62.9 Å². The summed E-state index contributed by atoms with van der Waals surface area (Å²) in [5, 5.41) is 0. The minimum absolute atomic E-state index is 0.778. The molecule has 15 heavy (non-hydrogen) atoms. The average molecular weight is 213 g/mol. The summed E-state index contributed by atoms with van der Waals surface area (Å²) in [6, 6.07) is 0. The zero-order valence-corrected chi connectivity index (χ0v) is 9.57. The molecule has 2 heterocycles. The fourth-order valence-electron chi connectivity index (χ4n) is 2.48. The van der Waals surface area contributed by atoms with Crippen LogP contribution in [0.3, 0.4) is 0 Å². The molecule has 0 N–H and O–H groups in total. The van der Waals surface area contributed by atoms with Crippen molar-refractivity contribution in [1.82, 2.24) is 0 Å². The van der Waals surface area contributed by atoms with Crippen LogP contribution in [-0.2, 0) is 9.47 Å². The largest absolute Gasteiger partial charge is 0.374 e. The van der Waals surface area contributed by atoms with Gasteiger partial charge in [-0.3, -0.25) is 4.48 Å². The van der Waals surface area contributed by atoms with E-state index < -0.39 is 0 Å². The van der Waals surface area contributed by atoms with Crippen molar-refractivity contribution in [3.8, 4) is 0 Å². The van der Waals surface area contributed by atoms with Crippen LogP contribution in [0.4, 0.5) is 0 Å². The topological polar surface area (TPSA) is 30.8 Å². The second-order valence-electron chi connectivity index (χ2n) is 4.19. The van der Waals surface area contributed by atoms with E-state index in [1.165, 1.54) is 5.84 Å². The SMILES string of the molecule is CC/C1=N/CCOCC[N+]12CCOCC2. The lowest BCUT2D eigenvalue weighted by molar-refractivity contribution is -0.853. The lowest BCUT2D eigenvalue weighted by Crippen LogP contribution is -2.60. The van der Waals surface area contributed by atoms with E-state index in [0.29, 0.717) is 0 Å². The molecule has 86 valence electrons. The van der Waals surface area contributed by atoms with Gasteiger partial charge in [-0.05, 0) is 0 Å². The van der Waals surface area contributed by atoms with Crippen LogP contribution in [0, 0.1) is 0 Å². The van der Waals surface area contributed by atoms with Crippen molar-refractivity contribution in [2.75, 3.05) is 52.6 Å². The Bertz CT molecular complexity index is 235. The molecule has 0 bridgehead atoms. The van der Waals surface area contributed by atoms with Crippen molar-refractivity contribution in [2.24, 2.45) is 4.99 Å². The summed E-state index contributed by atoms with van der Waals surface area (Å²) in [4.78, 5) is 4.69. The van der Waals surface area contributed by atoms with Crippen molar-refractivity contribution < 1.29 is 14.0 Å². The molecule has 0 aromatic rings. The van der Waals surface area contributed by atoms with E-state index in [0.717, 1.165) is 63.5 Å². The fraction of sp³-hybridized carbons (Fsp3) is 0.909. The number of quaternary nitrogens is 1. The standard InChI is InChI=1S/C11H21N2O2/c1-2-11-12-3-7-14-8-4-13(11)5-9-15-10-6-13/h2-10H2,1H3/q+1/b12-11-. The van der Waals surface area contributed by atoms with Gasteiger partial charge in [0.2, 0.25) is 0 Å². The van der Waals surface area contributed by atoms with E-state index in [2.05, 4.69) is 11.9 Å². The van der Waals surface area contributed by atoms with Crippen molar-refractivity contribution >= 4 is 5.84 Å². The van der Waals surface area contributed by atoms with Gasteiger partial charge in [-0.1, -0.05) is 6.92 Å². The van der Waals surface area contributed by atoms with E-state index in [4.69, 9.17) is 9.47 Å². The van der Waals surface area contributed by atoms with E-state index in [1.807, 2.05) is 0 Å². The first-order chi connectivity index (χ1) is 7.37. The second kappa shape index (κ2) is 5.05. The molecule has 1 fully saturated rings. The summed E-state index contributed by atoms with van der Waals surface area (Å²) in [5.74, 6) is 1.35. The Morgan fingerprint density at radius 1 is 1.07 bits per heavy atom. The third kappa shape index (κ3) is 2.38. The molecule has 2 aliphatic rings. The minimum Gasteiger partial charge on any atom is -0.374 e. The lowest BCUT2D eigenvalue weighted by Gasteiger charge is -2.41. The van der Waals surface area contributed by atoms with Crippen molar-refractivity contribution in [2.45, 2.75) is 13.3 Å². The highest BCUT2D eigenvalue weighted by Crippen LogP contribution is 2.16. The zero-order chi connectivity index (χ0) is 10.6. The van der Waals surface area contributed by atoms with Gasteiger partial charge < -0.3 is 9.47 Å². The van der Waals surface area contributed by atoms with Gasteiger partial charge in [0.25, 0.3) is 0 Å². The highest BCUT2D eigenvalue weighted by atomic mass is 16.5. The normalized spacial score (nSPS) is 30.3. The number of rotatable bonds is 1. The van der Waals surface area contributed by atoms with Gasteiger partial charge in [-0.2, -0.15) is 0 Å². The average Bonchev–Trinajstić information content (AvgIpc) is 2.26. The smallest absolute Gasteiger partial charge is 0.198 e. The molecule has 0 aliphatic carbocycles. The lowest BCUT2D eigenvalue weighted by atomic mass is 10.2. The number of nitrogens with zero attached hydrogens (tertiary/aromatic N) is 2. The van der Waals surface area contributed by atoms with Crippen LogP contribution < -0.4 is 0 Å². The molecule has 0 saturated carbocycles. The number of morpholine rings is 1. The molecule has 4 heteroatoms. The summed E-state index contributed by atoms with van der Waals surface area (Å²) >= 11 is 0. The van der Waals surface area contributed by atoms with E-state index in [-0.39, 0.29) is 0 Å². The highest BCUT2D eigenvalue weighted by molar-refractivity contribution is 5.75. The molecule has 0 aromatic heterocycles. The van der Waals surface area contributed by atoms with Gasteiger partial charge in [0.05, 0.1) is 33.0 Å². The summed E-state index contributed by atoms with van der Waals surface area (Å²) < 4.78 is 12.0. The predicted octanol–water partition coefficient (Wildman–Crippen LogP) is 0.672. The zero-order valence-electron chi connectivity index (χ0n) is 9.57. The van der Waals surface area contributed by atoms with Crippen LogP contribution in [0.2, 0.25) is 0 Å². The maximum absolute atomic E-state index is 5.53. The van der Waals surface area contributed by atoms with Crippen molar-refractivity contribution in [1.29, 1.82) is 0 Å². The van der Waals surface area contributed by atoms with Crippen LogP contribution in [0.1, 0.15) is 13.3 Å². The summed E-state index contributed by atoms with van der Waals surface area (Å²) in [6.07, 6.45) is 1.06. The van der Waals surface area contributed by atoms with Gasteiger partial charge in [0, 0.05) is 6.42 Å². The summed E-state index contributed by atoms with van der Waals surface area (Å²) in [5.41, 5.74) is 0. The third-order valence-corrected chi connectivity index (χ3v) is 3.38. The molecule has 0 amide bonds. The number of hydrogen-bond donors (Lipinski definition) is 0. The van der Waals surface area contributed by atoms with E-state index in [9.17, 15) is 0 Å². The molecule has 0 aromatic carbocycles. The summed E-state index contributed by atoms with van der Waals surface area (Å²) in [6.45, 7) is 9.58. The molecular weight excluding hydrogens is 192 g/mol. The number of hydrogen-bond acceptors (Lipinski definition) is 3. The molecule has 2 aliphatic heterocycles. The van der Waals surface area contributed by atoms with E-state index >= 15 is 0 Å². The van der Waals surface area contributed by atoms with E-state index in [1.54, 1.807) is 0 Å². The Hall–Kier alpha value is -0.450. The van der Waals surface area contributed by atoms with Crippen molar-refractivity contribution in [3.05, 3.63) is 0 Å². The Morgan fingerprint density at radius 2 is 1.67 bits per heavy atom. The molecule has 4 nitrogen and oxygen atoms in total. The van der Waals surface area contributed by atoms with Gasteiger partial charge in [0.1, 0.15) is 19.6 Å². The Kier molecular flexibility index (Phi) is 3.72. The van der Waals surface area contributed by atoms with Crippen molar-refractivity contribution in [3.63, 3.8) is 0 Å². The van der Waals surface area contributed by atoms with Gasteiger partial charge >= 0.3 is 0 Å². The van der Waals surface area contributed by atoms with Crippen LogP contribution in [0.15, 0.2) is 4.99 Å². The monoisotopic (exact) mass is 213 g/mol. The molecule has 2 rings (SSSR count). The van der Waals surface area contributed by atoms with Gasteiger partial charge in [-0.25, -0.2) is 4.99 Å². The first-order valence-corrected chi connectivity index (χ1v) is 5.93. The fourth-order valence-corrected chi connectivity index (χ4v) is 2.48. The quantitative estimate of drug-likeness (QED) is 0.599. The molecule has 1 spiro atoms. The van der Waals surface area contributed by atoms with Crippen LogP contribution >= 0.6 is 0 Å². The Labute approximate surface area is 91.5 Å². The maximum atomic E-state index is 5.53. The molecular formula is C11H21N2O2+. The molecule has 0 radical (unpaired) electrons. The van der Waals surface area contributed by atoms with Crippen LogP contribution in [0.25, 0.3) is 0 Å². The number of ether oxygens (including phenoxy) is 2. The predicted molar refractivity (Wildman–Crippen MR) is 59.1 cm³/mol. The highest BCUT2D eigenvalue weighted by Gasteiger charge is 2.35. The second-order valence-corrected chi connectivity index (χ2v) is 4.19. The molecule has 1 saturated heterocycles. The number of amidine groups is 1. The minimum atomic E-state index is 0.778. The molecule has 0 unspecified atom stereocenters.